The van der Waals surface area contributed by atoms with Crippen LogP contribution in [0.4, 0.5) is 0 Å². The lowest BCUT2D eigenvalue weighted by molar-refractivity contribution is 0.284. The molecule has 0 radical (unpaired) electrons. The van der Waals surface area contributed by atoms with Crippen molar-refractivity contribution in [2.24, 2.45) is 0 Å². The van der Waals surface area contributed by atoms with Crippen LogP contribution in [0.15, 0.2) is 155 Å². The number of rotatable bonds is 0. The minimum Gasteiger partial charge on any atom is -0.507 e. The molecule has 15 rings (SSSR count). The first-order chi connectivity index (χ1) is 63.8. The van der Waals surface area contributed by atoms with E-state index in [1.165, 1.54) is 0 Å². The molecule has 0 fully saturated rings. The third-order valence-electron chi connectivity index (χ3n) is 28.3. The van der Waals surface area contributed by atoms with Crippen molar-refractivity contribution >= 4 is 31.9 Å². The van der Waals surface area contributed by atoms with Crippen LogP contribution in [0.3, 0.4) is 0 Å². The maximum atomic E-state index is 13.8. The second-order valence-electron chi connectivity index (χ2n) is 50.3. The number of hydrogen-bond donors (Lipinski definition) is 6. The number of hydrogen-bond acceptors (Lipinski definition) is 12. The Balaban J connectivity index is 1.05. The number of ether oxygens (including phenoxy) is 4. The Bertz CT molecular complexity index is 5990. The Labute approximate surface area is 839 Å². The van der Waals surface area contributed by atoms with Crippen LogP contribution >= 0.6 is 31.9 Å². The number of phenols is 6. The molecule has 1 aliphatic heterocycles. The molecule has 0 unspecified atom stereocenters. The Morgan fingerprint density at radius 3 is 0.384 bits per heavy atom. The van der Waals surface area contributed by atoms with Crippen molar-refractivity contribution in [2.45, 2.75) is 352 Å². The summed E-state index contributed by atoms with van der Waals surface area (Å²) in [4.78, 5) is 11.0. The van der Waals surface area contributed by atoms with Crippen LogP contribution in [-0.2, 0) is 145 Å². The number of benzene rings is 10. The predicted octanol–water partition coefficient (Wildman–Crippen LogP) is 30.4. The third-order valence-corrected chi connectivity index (χ3v) is 29.2. The second-order valence-corrected chi connectivity index (χ2v) is 52.1. The van der Waals surface area contributed by atoms with Gasteiger partial charge in [-0.1, -0.05) is 361 Å². The molecule has 12 nitrogen and oxygen atoms in total. The molecule has 0 saturated carbocycles. The van der Waals surface area contributed by atoms with Gasteiger partial charge in [0.15, 0.2) is 0 Å². The van der Waals surface area contributed by atoms with Gasteiger partial charge in [0, 0.05) is 73.2 Å². The quantitative estimate of drug-likeness (QED) is 0.0846. The molecule has 728 valence electrons. The van der Waals surface area contributed by atoms with Gasteiger partial charge >= 0.3 is 0 Å². The topological polar surface area (TPSA) is 184 Å². The SMILES string of the molecule is CC(C)(C)c1cc2c(O)c(c1)Cc1cc(C(C)(C)C)cc3c1OCc1cc(Br)cc(n1)COc1c4cc(C(C)(C)C)cc1Cc1cc(C(C)(C)C)cc(c1O)Cc1cc(C(C)(C)C)cc(c1OCc1cc(Br)cc(n1)COc1c(cc(C(C)(C)C)cc1Cc1cc(C(C)(C)C)cc(c1O)C3)Cc1cc(C(C)(C)C)cc(c1O)C2)Cc1cc(C(C)(C)C)cc(c1O)Cc1cc(C(C)(C)C)cc(c1O)C4. The van der Waals surface area contributed by atoms with Crippen molar-refractivity contribution in [2.75, 3.05) is 0 Å². The highest BCUT2D eigenvalue weighted by Crippen LogP contribution is 2.51. The highest BCUT2D eigenvalue weighted by molar-refractivity contribution is 9.10. The van der Waals surface area contributed by atoms with Gasteiger partial charge in [0.05, 0.1) is 22.8 Å². The summed E-state index contributed by atoms with van der Waals surface area (Å²) in [5, 5.41) is 81.6. The Hall–Kier alpha value is -10.5. The molecule has 14 heteroatoms. The maximum absolute atomic E-state index is 13.8. The normalized spacial score (nSPS) is 14.7. The average Bonchev–Trinajstić information content (AvgIpc) is 0.766. The van der Waals surface area contributed by atoms with Crippen molar-refractivity contribution in [3.8, 4) is 57.5 Å². The zero-order valence-corrected chi connectivity index (χ0v) is 90.9. The van der Waals surface area contributed by atoms with Crippen LogP contribution in [0.1, 0.15) is 397 Å². The van der Waals surface area contributed by atoms with Crippen molar-refractivity contribution < 1.29 is 49.6 Å². The minimum absolute atomic E-state index is 0.0131. The first kappa shape index (κ1) is 102. The van der Waals surface area contributed by atoms with E-state index in [1.807, 2.05) is 24.3 Å². The van der Waals surface area contributed by atoms with Gasteiger partial charge in [-0.05, 0) is 245 Å². The van der Waals surface area contributed by atoms with Gasteiger partial charge in [0.25, 0.3) is 0 Å². The van der Waals surface area contributed by atoms with Gasteiger partial charge in [-0.15, -0.1) is 0 Å². The summed E-state index contributed by atoms with van der Waals surface area (Å²) in [5.41, 5.74) is 23.6. The number of fused-ring (bicyclic) bond motifs is 12. The van der Waals surface area contributed by atoms with Gasteiger partial charge in [-0.2, -0.15) is 0 Å². The Kier molecular flexibility index (Phi) is 27.4. The highest BCUT2D eigenvalue weighted by atomic mass is 79.9. The van der Waals surface area contributed by atoms with E-state index in [1.54, 1.807) is 0 Å². The number of aromatic nitrogens is 2. The molecule has 2 aromatic heterocycles. The molecule has 0 amide bonds. The molecular weight excluding hydrogens is 1840 g/mol. The average molecular weight is 1990 g/mol. The third kappa shape index (κ3) is 22.6. The van der Waals surface area contributed by atoms with Crippen LogP contribution in [0.25, 0.3) is 0 Å². The molecular formula is C124H148Br2N2O10. The molecule has 3 aliphatic rings. The lowest BCUT2D eigenvalue weighted by Gasteiger charge is -2.28. The fraction of sp³-hybridized carbons (Fsp3) is 0.435. The Morgan fingerprint density at radius 1 is 0.174 bits per heavy atom. The van der Waals surface area contributed by atoms with E-state index in [9.17, 15) is 30.6 Å². The first-order valence-electron chi connectivity index (χ1n) is 49.4. The minimum atomic E-state index is -0.413. The van der Waals surface area contributed by atoms with Gasteiger partial charge in [0.1, 0.15) is 83.9 Å². The van der Waals surface area contributed by atoms with Crippen molar-refractivity contribution in [3.05, 3.63) is 344 Å². The van der Waals surface area contributed by atoms with Crippen LogP contribution in [0.5, 0.6) is 57.5 Å². The van der Waals surface area contributed by atoms with Gasteiger partial charge in [-0.3, -0.25) is 9.97 Å². The number of aromatic hydroxyl groups is 6. The summed E-state index contributed by atoms with van der Waals surface area (Å²) in [6.45, 7) is 66.3. The molecule has 6 N–H and O–H groups in total. The molecule has 138 heavy (non-hydrogen) atoms. The number of phenolic OH excluding ortho intramolecular Hbond substituents is 6. The lowest BCUT2D eigenvalue weighted by atomic mass is 9.79. The summed E-state index contributed by atoms with van der Waals surface area (Å²) in [6.07, 6.45) is 2.40. The van der Waals surface area contributed by atoms with Gasteiger partial charge in [0.2, 0.25) is 0 Å². The molecule has 3 heterocycles. The highest BCUT2D eigenvalue weighted by Gasteiger charge is 2.36. The van der Waals surface area contributed by atoms with Gasteiger partial charge < -0.3 is 49.6 Å². The zero-order valence-electron chi connectivity index (χ0n) is 87.7. The number of nitrogens with zero attached hydrogens (tertiary/aromatic N) is 2. The molecule has 28 bridgehead atoms. The van der Waals surface area contributed by atoms with E-state index in [0.717, 1.165) is 109 Å². The van der Waals surface area contributed by atoms with Crippen LogP contribution in [0, 0.1) is 0 Å². The molecule has 0 spiro atoms. The molecule has 2 aliphatic carbocycles. The number of pyridine rings is 2. The maximum Gasteiger partial charge on any atom is 0.130 e. The van der Waals surface area contributed by atoms with Crippen molar-refractivity contribution in [1.29, 1.82) is 0 Å². The summed E-state index contributed by atoms with van der Waals surface area (Å²) < 4.78 is 32.0. The molecule has 0 atom stereocenters. The standard InChI is InChI=1S/C124H148Br2N2O10/c1-115(2,3)89-41-69-31-70-42-90(116(4,5)6)46-74(106(70)130)34-82-54-96(122(22,23)24)58-86-38-78-50-93(119(13,14)15)49-77(109(78)133)37-85-57-95(121(19,20)21)53-81(33-73(45-89)105(69)129)111(85)135-65-101-61-99(125)62-102(127-101)66-137-113-83-35-75-47-91(117(7,8)9)43-71(107(75)131)32-72-44-92(118(10,11)12)48-76(108(72)132)36-84-56-98(124(28,29)30)60-88(114(84)138-68-104-64-100(126)63-103(128-104)67-136-112(82)86)40-80-52-94(120(16,17)18)51-79(110(80)134)39-87(113)59-97(55-83)123(25,26)27/h41-64,129-134H,31-40,65-68H2,1-30H3. The zero-order chi connectivity index (χ0) is 101. The summed E-state index contributed by atoms with van der Waals surface area (Å²) in [6, 6.07) is 51.6. The molecule has 0 saturated heterocycles. The summed E-state index contributed by atoms with van der Waals surface area (Å²) in [5.74, 6) is 3.13. The molecule has 10 aromatic carbocycles. The first-order valence-corrected chi connectivity index (χ1v) is 51.0. The fourth-order valence-electron chi connectivity index (χ4n) is 19.5. The van der Waals surface area contributed by atoms with Gasteiger partial charge in [-0.25, -0.2) is 0 Å². The van der Waals surface area contributed by atoms with Crippen molar-refractivity contribution in [3.63, 3.8) is 0 Å². The smallest absolute Gasteiger partial charge is 0.130 e. The lowest BCUT2D eigenvalue weighted by Crippen LogP contribution is -2.17. The monoisotopic (exact) mass is 1980 g/mol. The van der Waals surface area contributed by atoms with Crippen molar-refractivity contribution in [1.82, 2.24) is 9.97 Å². The van der Waals surface area contributed by atoms with E-state index >= 15 is 0 Å². The second kappa shape index (κ2) is 37.2. The Morgan fingerprint density at radius 2 is 0.275 bits per heavy atom. The predicted molar refractivity (Wildman–Crippen MR) is 571 cm³/mol. The van der Waals surface area contributed by atoms with E-state index < -0.39 is 54.1 Å². The van der Waals surface area contributed by atoms with Crippen LogP contribution in [0.2, 0.25) is 0 Å². The van der Waals surface area contributed by atoms with Crippen LogP contribution < -0.4 is 18.9 Å². The van der Waals surface area contributed by atoms with E-state index in [4.69, 9.17) is 28.9 Å². The summed E-state index contributed by atoms with van der Waals surface area (Å²) >= 11 is 8.02. The summed E-state index contributed by atoms with van der Waals surface area (Å²) in [7, 11) is 0. The van der Waals surface area contributed by atoms with E-state index in [-0.39, 0.29) is 125 Å². The molecule has 12 aromatic rings. The van der Waals surface area contributed by atoms with E-state index in [2.05, 4.69) is 361 Å². The largest absolute Gasteiger partial charge is 0.507 e. The fourth-order valence-corrected chi connectivity index (χ4v) is 20.5. The van der Waals surface area contributed by atoms with Crippen LogP contribution in [-0.4, -0.2) is 40.6 Å². The van der Waals surface area contributed by atoms with E-state index in [0.29, 0.717) is 113 Å². The number of halogens is 2.